The maximum absolute atomic E-state index is 8.80. The predicted octanol–water partition coefficient (Wildman–Crippen LogP) is 2.38. The molecule has 0 bridgehead atoms. The van der Waals surface area contributed by atoms with Gasteiger partial charge in [0.2, 0.25) is 5.76 Å². The van der Waals surface area contributed by atoms with Crippen LogP contribution in [0.15, 0.2) is 28.9 Å². The van der Waals surface area contributed by atoms with Crippen LogP contribution in [0, 0.1) is 11.3 Å². The Labute approximate surface area is 129 Å². The molecule has 2 aromatic rings. The first-order valence-electron chi connectivity index (χ1n) is 7.66. The average molecular weight is 300 g/mol. The van der Waals surface area contributed by atoms with Crippen LogP contribution in [0.3, 0.4) is 0 Å². The molecule has 1 fully saturated rings. The van der Waals surface area contributed by atoms with Crippen LogP contribution in [0.4, 0.5) is 0 Å². The number of hydrogen-bond acceptors (Lipinski definition) is 5. The molecule has 116 valence electrons. The van der Waals surface area contributed by atoms with Crippen molar-refractivity contribution in [3.63, 3.8) is 0 Å². The van der Waals surface area contributed by atoms with Gasteiger partial charge in [0.05, 0.1) is 6.54 Å². The molecule has 1 N–H and O–H groups in total. The normalized spacial score (nSPS) is 21.6. The number of ether oxygens (including phenoxy) is 1. The highest BCUT2D eigenvalue weighted by molar-refractivity contribution is 5.19. The smallest absolute Gasteiger partial charge is 0.203 e. The number of nitriles is 1. The number of nitrogens with one attached hydrogen (secondary N) is 1. The van der Waals surface area contributed by atoms with Gasteiger partial charge in [-0.2, -0.15) is 5.26 Å². The maximum Gasteiger partial charge on any atom is 0.203 e. The topological polar surface area (TPSA) is 76.0 Å². The summed E-state index contributed by atoms with van der Waals surface area (Å²) in [6.45, 7) is 4.33. The Morgan fingerprint density at radius 2 is 2.41 bits per heavy atom. The Hall–Kier alpha value is -2.10. The molecule has 22 heavy (non-hydrogen) atoms. The van der Waals surface area contributed by atoms with Crippen molar-refractivity contribution in [2.75, 3.05) is 6.61 Å². The minimum Gasteiger partial charge on any atom is -0.449 e. The molecule has 0 aliphatic carbocycles. The Bertz CT molecular complexity index is 655. The van der Waals surface area contributed by atoms with E-state index in [-0.39, 0.29) is 12.1 Å². The quantitative estimate of drug-likeness (QED) is 0.917. The minimum atomic E-state index is -0.0471. The average Bonchev–Trinajstić information content (AvgIpc) is 3.21. The second-order valence-electron chi connectivity index (χ2n) is 5.37. The van der Waals surface area contributed by atoms with Gasteiger partial charge in [-0.25, -0.2) is 4.98 Å². The van der Waals surface area contributed by atoms with Crippen molar-refractivity contribution in [3.8, 4) is 6.07 Å². The largest absolute Gasteiger partial charge is 0.449 e. The standard InChI is InChI=1S/C16H20N4O2/c1-2-20-8-7-18-16(20)15-14(4-3-9-21-15)19-11-13-6-5-12(10-17)22-13/h5-8,14-15,19H,2-4,9,11H2,1H3/t14-,15-/m0/s1. The van der Waals surface area contributed by atoms with E-state index < -0.39 is 0 Å². The summed E-state index contributed by atoms with van der Waals surface area (Å²) in [5.74, 6) is 2.08. The van der Waals surface area contributed by atoms with Gasteiger partial charge in [0.15, 0.2) is 0 Å². The van der Waals surface area contributed by atoms with E-state index in [2.05, 4.69) is 21.8 Å². The van der Waals surface area contributed by atoms with Gasteiger partial charge in [-0.3, -0.25) is 0 Å². The zero-order valence-corrected chi connectivity index (χ0v) is 12.7. The summed E-state index contributed by atoms with van der Waals surface area (Å²) in [4.78, 5) is 4.46. The monoisotopic (exact) mass is 300 g/mol. The lowest BCUT2D eigenvalue weighted by Crippen LogP contribution is -2.40. The summed E-state index contributed by atoms with van der Waals surface area (Å²) >= 11 is 0. The SMILES string of the molecule is CCn1ccnc1[C@H]1OCCC[C@@H]1NCc1ccc(C#N)o1. The number of imidazole rings is 1. The van der Waals surface area contributed by atoms with Gasteiger partial charge in [0, 0.05) is 31.6 Å². The molecule has 0 aromatic carbocycles. The molecule has 0 spiro atoms. The molecule has 6 nitrogen and oxygen atoms in total. The van der Waals surface area contributed by atoms with Gasteiger partial charge >= 0.3 is 0 Å². The predicted molar refractivity (Wildman–Crippen MR) is 79.9 cm³/mol. The number of rotatable bonds is 5. The third-order valence-electron chi connectivity index (χ3n) is 3.98. The number of nitrogens with zero attached hydrogens (tertiary/aromatic N) is 3. The van der Waals surface area contributed by atoms with E-state index in [1.54, 1.807) is 6.07 Å². The Balaban J connectivity index is 1.69. The second kappa shape index (κ2) is 6.77. The van der Waals surface area contributed by atoms with Crippen LogP contribution in [0.25, 0.3) is 0 Å². The van der Waals surface area contributed by atoms with E-state index >= 15 is 0 Å². The molecule has 3 rings (SSSR count). The van der Waals surface area contributed by atoms with Crippen LogP contribution >= 0.6 is 0 Å². The Kier molecular flexibility index (Phi) is 4.56. The zero-order chi connectivity index (χ0) is 15.4. The molecule has 1 saturated heterocycles. The summed E-state index contributed by atoms with van der Waals surface area (Å²) in [6.07, 6.45) is 5.82. The molecule has 0 unspecified atom stereocenters. The molecule has 2 aromatic heterocycles. The van der Waals surface area contributed by atoms with Gasteiger partial charge in [-0.15, -0.1) is 0 Å². The van der Waals surface area contributed by atoms with Crippen LogP contribution in [-0.2, 0) is 17.8 Å². The van der Waals surface area contributed by atoms with Crippen LogP contribution in [0.2, 0.25) is 0 Å². The summed E-state index contributed by atoms with van der Waals surface area (Å²) in [5, 5.41) is 12.3. The third-order valence-corrected chi connectivity index (χ3v) is 3.98. The summed E-state index contributed by atoms with van der Waals surface area (Å²) in [5.41, 5.74) is 0. The van der Waals surface area contributed by atoms with Crippen molar-refractivity contribution in [3.05, 3.63) is 41.9 Å². The maximum atomic E-state index is 8.80. The first-order chi connectivity index (χ1) is 10.8. The molecule has 1 aliphatic heterocycles. The molecular weight excluding hydrogens is 280 g/mol. The lowest BCUT2D eigenvalue weighted by Gasteiger charge is -2.32. The summed E-state index contributed by atoms with van der Waals surface area (Å²) in [6, 6.07) is 5.71. The van der Waals surface area contributed by atoms with E-state index in [4.69, 9.17) is 14.4 Å². The first kappa shape index (κ1) is 14.8. The van der Waals surface area contributed by atoms with Gasteiger partial charge in [-0.05, 0) is 31.9 Å². The molecule has 0 amide bonds. The molecule has 2 atom stereocenters. The Morgan fingerprint density at radius 3 is 3.18 bits per heavy atom. The van der Waals surface area contributed by atoms with Crippen molar-refractivity contribution in [1.82, 2.24) is 14.9 Å². The van der Waals surface area contributed by atoms with Crippen LogP contribution < -0.4 is 5.32 Å². The van der Waals surface area contributed by atoms with Crippen molar-refractivity contribution in [1.29, 1.82) is 5.26 Å². The number of furan rings is 1. The fraction of sp³-hybridized carbons (Fsp3) is 0.500. The second-order valence-corrected chi connectivity index (χ2v) is 5.37. The van der Waals surface area contributed by atoms with E-state index in [1.807, 2.05) is 24.5 Å². The van der Waals surface area contributed by atoms with Gasteiger partial charge in [0.25, 0.3) is 0 Å². The van der Waals surface area contributed by atoms with Crippen molar-refractivity contribution in [2.24, 2.45) is 0 Å². The Morgan fingerprint density at radius 1 is 1.50 bits per heavy atom. The van der Waals surface area contributed by atoms with Crippen LogP contribution in [0.1, 0.15) is 43.2 Å². The highest BCUT2D eigenvalue weighted by atomic mass is 16.5. The van der Waals surface area contributed by atoms with E-state index in [0.717, 1.165) is 37.6 Å². The summed E-state index contributed by atoms with van der Waals surface area (Å²) < 4.78 is 13.5. The molecule has 0 saturated carbocycles. The fourth-order valence-corrected chi connectivity index (χ4v) is 2.85. The third kappa shape index (κ3) is 3.06. The van der Waals surface area contributed by atoms with Crippen molar-refractivity contribution < 1.29 is 9.15 Å². The molecular formula is C16H20N4O2. The lowest BCUT2D eigenvalue weighted by atomic mass is 10.0. The van der Waals surface area contributed by atoms with Gasteiger partial charge < -0.3 is 19.0 Å². The first-order valence-corrected chi connectivity index (χ1v) is 7.66. The van der Waals surface area contributed by atoms with Crippen molar-refractivity contribution >= 4 is 0 Å². The highest BCUT2D eigenvalue weighted by Crippen LogP contribution is 2.27. The van der Waals surface area contributed by atoms with Crippen molar-refractivity contribution in [2.45, 2.75) is 45.0 Å². The van der Waals surface area contributed by atoms with Crippen LogP contribution in [-0.4, -0.2) is 22.2 Å². The van der Waals surface area contributed by atoms with E-state index in [0.29, 0.717) is 12.3 Å². The van der Waals surface area contributed by atoms with E-state index in [1.165, 1.54) is 0 Å². The zero-order valence-electron chi connectivity index (χ0n) is 12.7. The van der Waals surface area contributed by atoms with Gasteiger partial charge in [-0.1, -0.05) is 0 Å². The fourth-order valence-electron chi connectivity index (χ4n) is 2.85. The summed E-state index contributed by atoms with van der Waals surface area (Å²) in [7, 11) is 0. The number of aromatic nitrogens is 2. The number of hydrogen-bond donors (Lipinski definition) is 1. The molecule has 3 heterocycles. The van der Waals surface area contributed by atoms with Crippen LogP contribution in [0.5, 0.6) is 0 Å². The highest BCUT2D eigenvalue weighted by Gasteiger charge is 2.30. The van der Waals surface area contributed by atoms with Gasteiger partial charge in [0.1, 0.15) is 23.8 Å². The molecule has 6 heteroatoms. The molecule has 1 aliphatic rings. The van der Waals surface area contributed by atoms with E-state index in [9.17, 15) is 0 Å². The minimum absolute atomic E-state index is 0.0471. The number of aryl methyl sites for hydroxylation is 1. The lowest BCUT2D eigenvalue weighted by molar-refractivity contribution is -0.0186. The molecule has 0 radical (unpaired) electrons.